The molecule has 5 bridgehead atoms. The van der Waals surface area contributed by atoms with E-state index in [2.05, 4.69) is 53.6 Å². The van der Waals surface area contributed by atoms with Crippen LogP contribution >= 0.6 is 0 Å². The van der Waals surface area contributed by atoms with Crippen molar-refractivity contribution in [1.29, 1.82) is 0 Å². The van der Waals surface area contributed by atoms with Gasteiger partial charge < -0.3 is 116 Å². The van der Waals surface area contributed by atoms with Crippen LogP contribution in [0.2, 0.25) is 0 Å². The standard InChI is InChI=1S/C43H58N4O12.C31H48O6.C29H39N5O8/c1-21-12-11-13-22(2)42(55)45-33-28(20-44-47-17-15-46(9)16-18-47)37(52)30-31(38(33)53)36(51)26(6)40-32(30)41(54)43(8,59-40)57-19-14-29(56-10)23(3)39(58-27(7)48)25(5)35(50)24(4)34(21)49;1-17(2)9-8-10-20(28(35)36)26-22-15-24(34)27-29(5)13-12-23(33)18(3)21(29)11-14-30(27,6)31(22,7)16-25(26)37-19(4)32;1-28(2,3)31-11-17(35)32-15-10-16(33(4)5)13-8-12-9-14-21(34(6)7)24(38)20(27(30)41)26(40)29(14,42)25(39)18(12)23(37)19(13)22(15)36/h11-14,19-21,23-25,29,34-35,39,49-53H,15-18H2,1-10H3,(H,45,55);9,18,21-25,27,33-34H,8,10-16H2,1-7H3,(H,35,36);10,12,14,21,31,36-37,40,42H,8-9,11H2,1-7H3,(H2,30,41)(H,32,35)/b12-11+,19-14+,22-13-,44-20+;26-20-;/t21-,23+,24+,25+,29-,34-,35+,39+,43-;18-,21-,22-,23+,24+,25-,27-,29-,30-,31-;12-,14-,21-,29-/m000/s1. The summed E-state index contributed by atoms with van der Waals surface area (Å²) in [5, 5.41) is 151. The summed E-state index contributed by atoms with van der Waals surface area (Å²) >= 11 is 0. The number of hydrogen-bond donors (Lipinski definition) is 16. The molecule has 0 spiro atoms. The maximum absolute atomic E-state index is 14.4. The van der Waals surface area contributed by atoms with Crippen molar-refractivity contribution in [3.63, 3.8) is 0 Å². The minimum atomic E-state index is -2.73. The van der Waals surface area contributed by atoms with Crippen molar-refractivity contribution in [2.24, 2.45) is 86.3 Å². The predicted molar refractivity (Wildman–Crippen MR) is 518 cm³/mol. The van der Waals surface area contributed by atoms with Crippen molar-refractivity contribution < 1.29 is 128 Å². The minimum Gasteiger partial charge on any atom is -0.508 e. The van der Waals surface area contributed by atoms with Crippen molar-refractivity contribution in [1.82, 2.24) is 20.1 Å². The number of ether oxygens (including phenoxy) is 5. The molecule has 758 valence electrons. The SMILES string of the molecule is CC(=O)O[C@H]1C[C@@]2(C)[C@@H](C[C@@H](O)[C@H]3[C@@]4(C)CC[C@@H](O)[C@@H](C)[C@@H]4CC[C@@]32C)/C1=C(\CCC=C(C)C)C(=O)O.CN(C)c1cc(NC(=O)CNC(C)(C)C)c(O)c2c1C[C@H]1C[C@H]3[C@H](N(C)C)C(=O)C(C(N)=O)=C(O)[C@@]3(O)C(=O)C1=C2O.CO[C@H]1/C=C/O[C@@]2(C)Oc3c(C)c(O)c4c(O)c(c(/C=N/N5CCN(C)CC5)c(O)c4c3C2=O)NC(=O)/C(C)=C\C=C\[C@H](C)[C@H](O)[C@@H](C)[C@@H](O)[C@@H](C)[C@H](OC(C)=O)[C@@H]1C. The van der Waals surface area contributed by atoms with Crippen molar-refractivity contribution >= 4 is 92.8 Å². The fourth-order valence-corrected chi connectivity index (χ4v) is 24.0. The molecule has 3 amide bonds. The first-order valence-electron chi connectivity index (χ1n) is 47.7. The van der Waals surface area contributed by atoms with Gasteiger partial charge in [-0.05, 0) is 203 Å². The molecule has 3 aromatic rings. The number of nitrogens with one attached hydrogen (secondary N) is 3. The number of carboxylic acid groups (broad SMARTS) is 1. The van der Waals surface area contributed by atoms with Gasteiger partial charge in [-0.1, -0.05) is 85.3 Å². The Morgan fingerprint density at radius 2 is 1.41 bits per heavy atom. The average molecular weight is 1930 g/mol. The monoisotopic (exact) mass is 1920 g/mol. The third-order valence-electron chi connectivity index (χ3n) is 31.7. The van der Waals surface area contributed by atoms with Crippen LogP contribution in [-0.4, -0.2) is 276 Å². The van der Waals surface area contributed by atoms with Crippen molar-refractivity contribution in [3.8, 4) is 28.7 Å². The Labute approximate surface area is 806 Å². The van der Waals surface area contributed by atoms with E-state index in [0.717, 1.165) is 49.9 Å². The van der Waals surface area contributed by atoms with Gasteiger partial charge in [-0.3, -0.25) is 48.3 Å². The molecule has 0 radical (unpaired) electrons. The number of rotatable bonds is 15. The number of primary amides is 1. The third kappa shape index (κ3) is 20.1. The van der Waals surface area contributed by atoms with E-state index < -0.39 is 183 Å². The van der Waals surface area contributed by atoms with Crippen LogP contribution in [0.1, 0.15) is 208 Å². The number of aliphatic hydroxyl groups is 7. The zero-order chi connectivity index (χ0) is 103. The number of fused-ring (bicyclic) bond motifs is 22. The number of carbonyl (C=O) groups excluding carboxylic acids is 8. The molecule has 23 atom stereocenters. The van der Waals surface area contributed by atoms with Gasteiger partial charge in [0.15, 0.2) is 17.1 Å². The lowest BCUT2D eigenvalue weighted by Gasteiger charge is -2.69. The van der Waals surface area contributed by atoms with Gasteiger partial charge in [-0.2, -0.15) is 5.10 Å². The van der Waals surface area contributed by atoms with Gasteiger partial charge in [-0.25, -0.2) is 4.79 Å². The van der Waals surface area contributed by atoms with E-state index in [1.165, 1.54) is 71.3 Å². The number of esters is 2. The first-order chi connectivity index (χ1) is 64.2. The van der Waals surface area contributed by atoms with Crippen LogP contribution in [0.15, 0.2) is 87.0 Å². The molecule has 17 N–H and O–H groups in total. The number of anilines is 3. The molecule has 35 nitrogen and oxygen atoms in total. The summed E-state index contributed by atoms with van der Waals surface area (Å²) in [7, 11) is 10.0. The van der Waals surface area contributed by atoms with Crippen LogP contribution in [0, 0.1) is 82.3 Å². The highest BCUT2D eigenvalue weighted by Gasteiger charge is 2.72. The third-order valence-corrected chi connectivity index (χ3v) is 31.7. The number of ketones is 3. The molecule has 6 fully saturated rings. The largest absolute Gasteiger partial charge is 0.508 e. The molecular weight excluding hydrogens is 1780 g/mol. The quantitative estimate of drug-likeness (QED) is 0.0128. The molecule has 4 heterocycles. The number of likely N-dealkylation sites (N-methyl/N-ethyl adjacent to an activating group) is 2. The number of Topliss-reactive ketones (excluding diaryl/α,β-unsaturated/α-hetero) is 3. The van der Waals surface area contributed by atoms with Crippen LogP contribution in [0.3, 0.4) is 0 Å². The van der Waals surface area contributed by atoms with E-state index in [9.17, 15) is 104 Å². The number of methoxy groups -OCH3 is 1. The highest BCUT2D eigenvalue weighted by molar-refractivity contribution is 6.26. The number of nitrogens with two attached hydrogens (primary N) is 1. The number of amides is 3. The molecule has 3 aromatic carbocycles. The first-order valence-corrected chi connectivity index (χ1v) is 47.7. The number of allylic oxidation sites excluding steroid dienone is 4. The van der Waals surface area contributed by atoms with Crippen LogP contribution < -0.4 is 31.3 Å². The lowest BCUT2D eigenvalue weighted by molar-refractivity contribution is -0.234. The second-order valence-electron chi connectivity index (χ2n) is 42.4. The van der Waals surface area contributed by atoms with E-state index in [0.29, 0.717) is 61.5 Å². The van der Waals surface area contributed by atoms with Gasteiger partial charge in [0.2, 0.25) is 11.7 Å². The number of phenolic OH excluding ortho intramolecular Hbond substituents is 4. The van der Waals surface area contributed by atoms with Crippen molar-refractivity contribution in [2.45, 2.75) is 255 Å². The van der Waals surface area contributed by atoms with Crippen LogP contribution in [0.25, 0.3) is 16.5 Å². The lowest BCUT2D eigenvalue weighted by Crippen LogP contribution is -2.65. The lowest BCUT2D eigenvalue weighted by atomic mass is 9.36. The zero-order valence-corrected chi connectivity index (χ0v) is 84.0. The molecule has 35 heteroatoms. The summed E-state index contributed by atoms with van der Waals surface area (Å²) in [4.78, 5) is 123. The fraction of sp³-hybridized carbons (Fsp3) is 0.612. The molecular formula is C103H145N9O26. The second-order valence-corrected chi connectivity index (χ2v) is 42.4. The number of nitrogens with zero attached hydrogens (tertiary/aromatic N) is 5. The molecule has 138 heavy (non-hydrogen) atoms. The molecule has 7 aliphatic carbocycles. The van der Waals surface area contributed by atoms with E-state index in [1.54, 1.807) is 84.0 Å². The van der Waals surface area contributed by atoms with E-state index >= 15 is 0 Å². The summed E-state index contributed by atoms with van der Waals surface area (Å²) < 4.78 is 29.5. The molecule has 11 aliphatic rings. The maximum Gasteiger partial charge on any atom is 0.331 e. The highest BCUT2D eigenvalue weighted by atomic mass is 16.7. The minimum absolute atomic E-state index is 0.00158. The number of aromatic hydroxyl groups is 4. The molecule has 14 rings (SSSR count). The van der Waals surface area contributed by atoms with Crippen molar-refractivity contribution in [2.75, 3.05) is 90.6 Å². The van der Waals surface area contributed by atoms with Gasteiger partial charge in [0, 0.05) is 137 Å². The number of phenols is 4. The van der Waals surface area contributed by atoms with Gasteiger partial charge in [0.1, 0.15) is 52.3 Å². The number of carbonyl (C=O) groups is 9. The summed E-state index contributed by atoms with van der Waals surface area (Å²) in [5.74, 6) is -17.0. The number of benzene rings is 3. The van der Waals surface area contributed by atoms with Gasteiger partial charge in [0.05, 0.1) is 89.0 Å². The van der Waals surface area contributed by atoms with Crippen LogP contribution in [0.5, 0.6) is 28.7 Å². The Bertz CT molecular complexity index is 5550. The van der Waals surface area contributed by atoms with Crippen LogP contribution in [0.4, 0.5) is 17.1 Å². The van der Waals surface area contributed by atoms with E-state index in [4.69, 9.17) is 29.4 Å². The number of hydrazone groups is 1. The highest BCUT2D eigenvalue weighted by Crippen LogP contribution is 2.75. The number of aliphatic carboxylic acids is 1. The predicted octanol–water partition coefficient (Wildman–Crippen LogP) is 10.4. The number of carboxylic acids is 1. The van der Waals surface area contributed by atoms with Crippen LogP contribution in [-0.2, 0) is 63.7 Å². The summed E-state index contributed by atoms with van der Waals surface area (Å²) in [6.45, 7) is 35.2. The Morgan fingerprint density at radius 1 is 0.761 bits per heavy atom. The normalized spacial score (nSPS) is 33.9. The summed E-state index contributed by atoms with van der Waals surface area (Å²) in [6.07, 6.45) is 11.2. The molecule has 0 aromatic heterocycles. The molecule has 0 unspecified atom stereocenters. The maximum atomic E-state index is 14.4. The Morgan fingerprint density at radius 3 is 1.99 bits per heavy atom. The summed E-state index contributed by atoms with van der Waals surface area (Å²) in [6, 6.07) is 0.409. The number of piperazine rings is 1. The first kappa shape index (κ1) is 108. The fourth-order valence-electron chi connectivity index (χ4n) is 24.0. The molecule has 5 saturated carbocycles. The number of aliphatic hydroxyl groups excluding tert-OH is 6. The van der Waals surface area contributed by atoms with Crippen molar-refractivity contribution in [3.05, 3.63) is 110 Å². The molecule has 1 saturated heterocycles. The van der Waals surface area contributed by atoms with E-state index in [1.807, 2.05) is 47.7 Å². The van der Waals surface area contributed by atoms with E-state index in [-0.39, 0.29) is 126 Å². The Hall–Kier alpha value is -10.8. The summed E-state index contributed by atoms with van der Waals surface area (Å²) in [5.41, 5.74) is 3.33. The van der Waals surface area contributed by atoms with Gasteiger partial charge in [-0.15, -0.1) is 0 Å². The molecule has 4 aliphatic heterocycles. The second kappa shape index (κ2) is 41.2. The average Bonchev–Trinajstić information content (AvgIpc) is 1.38. The van der Waals surface area contributed by atoms with Gasteiger partial charge >= 0.3 is 23.7 Å². The Balaban J connectivity index is 0.000000205. The van der Waals surface area contributed by atoms with Gasteiger partial charge in [0.25, 0.3) is 17.6 Å². The Kier molecular flexibility index (Phi) is 32.1. The number of hydrogen-bond acceptors (Lipinski definition) is 31. The zero-order valence-electron chi connectivity index (χ0n) is 84.0. The topological polar surface area (TPSA) is 530 Å². The smallest absolute Gasteiger partial charge is 0.331 e.